The van der Waals surface area contributed by atoms with E-state index in [1.165, 1.54) is 4.90 Å². The van der Waals surface area contributed by atoms with Crippen LogP contribution in [0.1, 0.15) is 33.6 Å². The van der Waals surface area contributed by atoms with Crippen LogP contribution in [0.15, 0.2) is 0 Å². The van der Waals surface area contributed by atoms with Crippen molar-refractivity contribution in [2.75, 3.05) is 79.0 Å². The molecule has 0 aliphatic heterocycles. The summed E-state index contributed by atoms with van der Waals surface area (Å²) in [7, 11) is 0. The van der Waals surface area contributed by atoms with Gasteiger partial charge in [-0.25, -0.2) is 9.59 Å². The predicted molar refractivity (Wildman–Crippen MR) is 151 cm³/mol. The minimum absolute atomic E-state index is 0.00543. The number of rotatable bonds is 24. The van der Waals surface area contributed by atoms with Crippen LogP contribution in [-0.2, 0) is 18.9 Å². The molecule has 0 aliphatic carbocycles. The van der Waals surface area contributed by atoms with Gasteiger partial charge < -0.3 is 70.4 Å². The van der Waals surface area contributed by atoms with E-state index in [0.717, 1.165) is 0 Å². The third-order valence-corrected chi connectivity index (χ3v) is 5.76. The fourth-order valence-corrected chi connectivity index (χ4v) is 3.54. The van der Waals surface area contributed by atoms with Crippen molar-refractivity contribution in [3.05, 3.63) is 0 Å². The minimum Gasteiger partial charge on any atom is -0.447 e. The molecule has 6 unspecified atom stereocenters. The Morgan fingerprint density at radius 3 is 1.63 bits per heavy atom. The van der Waals surface area contributed by atoms with Gasteiger partial charge in [-0.15, -0.1) is 0 Å². The number of aliphatic hydroxyl groups is 8. The smallest absolute Gasteiger partial charge is 0.407 e. The van der Waals surface area contributed by atoms with Gasteiger partial charge in [0.15, 0.2) is 0 Å². The van der Waals surface area contributed by atoms with Gasteiger partial charge in [-0.2, -0.15) is 0 Å². The largest absolute Gasteiger partial charge is 0.447 e. The van der Waals surface area contributed by atoms with Gasteiger partial charge in [0.05, 0.1) is 50.8 Å². The first-order valence-electron chi connectivity index (χ1n) is 14.3. The topological polar surface area (TPSA) is 260 Å². The molecule has 10 N–H and O–H groups in total. The van der Waals surface area contributed by atoms with E-state index in [-0.39, 0.29) is 78.6 Å². The van der Waals surface area contributed by atoms with Crippen LogP contribution in [0.3, 0.4) is 0 Å². The summed E-state index contributed by atoms with van der Waals surface area (Å²) in [6, 6.07) is 0. The standard InChI is InChI=1S/C26H53N3O14/c1-26(2,3)43-25(39)28-7-11-40-12-13-41-14-15-42-24(38)27-6-8-29(16-20(34)22(36)18(32)4-9-30)17-21(35)23(37)19(33)5-10-31/h18-23,30-37H,4-17H2,1-3H3,(H,27,38)(H,28,39). The lowest BCUT2D eigenvalue weighted by Crippen LogP contribution is -2.51. The summed E-state index contributed by atoms with van der Waals surface area (Å²) in [4.78, 5) is 24.9. The van der Waals surface area contributed by atoms with E-state index in [1.54, 1.807) is 20.8 Å². The average molecular weight is 632 g/mol. The van der Waals surface area contributed by atoms with E-state index in [2.05, 4.69) is 10.6 Å². The lowest BCUT2D eigenvalue weighted by molar-refractivity contribution is -0.0919. The first-order chi connectivity index (χ1) is 20.2. The number of nitrogens with zero attached hydrogens (tertiary/aromatic N) is 1. The van der Waals surface area contributed by atoms with Crippen molar-refractivity contribution in [2.24, 2.45) is 0 Å². The molecule has 17 heteroatoms. The molecule has 0 aromatic heterocycles. The number of alkyl carbamates (subject to hydrolysis) is 2. The number of hydrogen-bond donors (Lipinski definition) is 10. The molecule has 0 saturated heterocycles. The summed E-state index contributed by atoms with van der Waals surface area (Å²) >= 11 is 0. The van der Waals surface area contributed by atoms with E-state index in [4.69, 9.17) is 29.2 Å². The quantitative estimate of drug-likeness (QED) is 0.0464. The van der Waals surface area contributed by atoms with E-state index < -0.39 is 67.6 Å². The van der Waals surface area contributed by atoms with E-state index in [1.807, 2.05) is 0 Å². The van der Waals surface area contributed by atoms with Crippen LogP contribution >= 0.6 is 0 Å². The Bertz CT molecular complexity index is 704. The monoisotopic (exact) mass is 631 g/mol. The Labute approximate surface area is 252 Å². The van der Waals surface area contributed by atoms with Gasteiger partial charge in [0.25, 0.3) is 0 Å². The first kappa shape index (κ1) is 41.1. The minimum atomic E-state index is -1.62. The lowest BCUT2D eigenvalue weighted by Gasteiger charge is -2.32. The summed E-state index contributed by atoms with van der Waals surface area (Å²) in [5.41, 5.74) is -0.584. The molecule has 2 amide bonds. The van der Waals surface area contributed by atoms with Gasteiger partial charge in [-0.1, -0.05) is 0 Å². The molecule has 0 aliphatic rings. The zero-order valence-corrected chi connectivity index (χ0v) is 25.3. The van der Waals surface area contributed by atoms with Gasteiger partial charge in [0.1, 0.15) is 24.4 Å². The summed E-state index contributed by atoms with van der Waals surface area (Å²) in [5.74, 6) is 0. The Balaban J connectivity index is 4.40. The van der Waals surface area contributed by atoms with Gasteiger partial charge in [0.2, 0.25) is 0 Å². The summed E-state index contributed by atoms with van der Waals surface area (Å²) in [6.07, 6.45) is -10.7. The molecule has 0 heterocycles. The van der Waals surface area contributed by atoms with E-state index in [9.17, 15) is 40.2 Å². The number of ether oxygens (including phenoxy) is 4. The molecule has 17 nitrogen and oxygen atoms in total. The number of aliphatic hydroxyl groups excluding tert-OH is 8. The normalized spacial score (nSPS) is 16.2. The molecule has 43 heavy (non-hydrogen) atoms. The van der Waals surface area contributed by atoms with Crippen molar-refractivity contribution in [2.45, 2.75) is 75.8 Å². The molecule has 0 rings (SSSR count). The maximum absolute atomic E-state index is 12.0. The molecule has 0 saturated carbocycles. The molecular formula is C26H53N3O14. The third-order valence-electron chi connectivity index (χ3n) is 5.76. The van der Waals surface area contributed by atoms with Crippen molar-refractivity contribution in [1.82, 2.24) is 15.5 Å². The number of nitrogens with one attached hydrogen (secondary N) is 2. The number of amides is 2. The fraction of sp³-hybridized carbons (Fsp3) is 0.923. The van der Waals surface area contributed by atoms with Crippen molar-refractivity contribution in [3.8, 4) is 0 Å². The summed E-state index contributed by atoms with van der Waals surface area (Å²) in [6.45, 7) is 4.88. The van der Waals surface area contributed by atoms with Crippen LogP contribution in [0.4, 0.5) is 9.59 Å². The Kier molecular flexibility index (Phi) is 22.4. The second kappa shape index (κ2) is 23.5. The molecule has 0 aromatic carbocycles. The van der Waals surface area contributed by atoms with Gasteiger partial charge in [0, 0.05) is 45.9 Å². The van der Waals surface area contributed by atoms with Crippen LogP contribution in [0.25, 0.3) is 0 Å². The van der Waals surface area contributed by atoms with Gasteiger partial charge in [-0.3, -0.25) is 4.90 Å². The highest BCUT2D eigenvalue weighted by molar-refractivity contribution is 5.67. The highest BCUT2D eigenvalue weighted by Gasteiger charge is 2.30. The Morgan fingerprint density at radius 1 is 0.674 bits per heavy atom. The number of hydrogen-bond acceptors (Lipinski definition) is 15. The van der Waals surface area contributed by atoms with Crippen LogP contribution in [0.2, 0.25) is 0 Å². The SMILES string of the molecule is CC(C)(C)OC(=O)NCCOCCOCCOC(=O)NCCN(CC(O)C(O)C(O)CCO)CC(O)C(O)C(O)CCO. The zero-order valence-electron chi connectivity index (χ0n) is 25.3. The van der Waals surface area contributed by atoms with Crippen LogP contribution in [0, 0.1) is 0 Å². The molecule has 0 aromatic rings. The van der Waals surface area contributed by atoms with Crippen molar-refractivity contribution >= 4 is 12.2 Å². The highest BCUT2D eigenvalue weighted by Crippen LogP contribution is 2.10. The third kappa shape index (κ3) is 21.4. The molecule has 6 atom stereocenters. The van der Waals surface area contributed by atoms with E-state index >= 15 is 0 Å². The first-order valence-corrected chi connectivity index (χ1v) is 14.3. The van der Waals surface area contributed by atoms with Crippen LogP contribution < -0.4 is 10.6 Å². The number of carbonyl (C=O) groups excluding carboxylic acids is 2. The van der Waals surface area contributed by atoms with Crippen LogP contribution in [0.5, 0.6) is 0 Å². The van der Waals surface area contributed by atoms with Gasteiger partial charge >= 0.3 is 12.2 Å². The summed E-state index contributed by atoms with van der Waals surface area (Å²) in [5, 5.41) is 83.4. The second-order valence-electron chi connectivity index (χ2n) is 10.8. The second-order valence-corrected chi connectivity index (χ2v) is 10.8. The highest BCUT2D eigenvalue weighted by atomic mass is 16.6. The Morgan fingerprint density at radius 2 is 1.14 bits per heavy atom. The molecule has 0 bridgehead atoms. The van der Waals surface area contributed by atoms with Crippen molar-refractivity contribution in [3.63, 3.8) is 0 Å². The van der Waals surface area contributed by atoms with E-state index in [0.29, 0.717) is 0 Å². The predicted octanol–water partition coefficient (Wildman–Crippen LogP) is -3.50. The molecule has 0 fully saturated rings. The van der Waals surface area contributed by atoms with Crippen LogP contribution in [-0.4, -0.2) is 179 Å². The average Bonchev–Trinajstić information content (AvgIpc) is 2.92. The lowest BCUT2D eigenvalue weighted by atomic mass is 10.0. The fourth-order valence-electron chi connectivity index (χ4n) is 3.54. The van der Waals surface area contributed by atoms with Crippen molar-refractivity contribution in [1.29, 1.82) is 0 Å². The Hall–Kier alpha value is -1.90. The molecule has 0 spiro atoms. The molecule has 0 radical (unpaired) electrons. The maximum atomic E-state index is 12.0. The maximum Gasteiger partial charge on any atom is 0.407 e. The van der Waals surface area contributed by atoms with Crippen molar-refractivity contribution < 1.29 is 69.4 Å². The molecule has 256 valence electrons. The summed E-state index contributed by atoms with van der Waals surface area (Å²) < 4.78 is 20.7. The zero-order chi connectivity index (χ0) is 32.8. The molecular weight excluding hydrogens is 578 g/mol. The van der Waals surface area contributed by atoms with Gasteiger partial charge in [-0.05, 0) is 33.6 Å². The number of carbonyl (C=O) groups is 2.